The molecular formula is C18H16F3N3O2S2. The Kier molecular flexibility index (Phi) is 5.82. The second-order valence-electron chi connectivity index (χ2n) is 6.18. The number of aliphatic hydroxyl groups excluding tert-OH is 1. The Morgan fingerprint density at radius 3 is 2.75 bits per heavy atom. The van der Waals surface area contributed by atoms with Crippen LogP contribution in [0.1, 0.15) is 33.5 Å². The van der Waals surface area contributed by atoms with Gasteiger partial charge in [-0.25, -0.2) is 4.98 Å². The Bertz CT molecular complexity index is 996. The first-order chi connectivity index (χ1) is 13.1. The molecule has 0 saturated heterocycles. The standard InChI is InChI=1S/C18H16F3N3O2S2/c1-9(25)6-15-22-17(28-24-15)23-16(26)13-8-14(27-10(13)2)11-4-3-5-12(7-11)18(19,20)21/h3-5,7-9,25H,6H2,1-2H3,(H,22,23,24,26). The molecule has 5 nitrogen and oxygen atoms in total. The molecule has 10 heteroatoms. The maximum Gasteiger partial charge on any atom is 0.416 e. The molecule has 28 heavy (non-hydrogen) atoms. The molecule has 2 N–H and O–H groups in total. The molecule has 1 unspecified atom stereocenters. The van der Waals surface area contributed by atoms with Crippen molar-refractivity contribution in [2.45, 2.75) is 32.5 Å². The van der Waals surface area contributed by atoms with Gasteiger partial charge in [0.1, 0.15) is 5.82 Å². The smallest absolute Gasteiger partial charge is 0.393 e. The van der Waals surface area contributed by atoms with Gasteiger partial charge in [0.25, 0.3) is 5.91 Å². The third kappa shape index (κ3) is 4.75. The summed E-state index contributed by atoms with van der Waals surface area (Å²) in [6, 6.07) is 6.58. The van der Waals surface area contributed by atoms with E-state index in [1.165, 1.54) is 17.4 Å². The van der Waals surface area contributed by atoms with Gasteiger partial charge >= 0.3 is 6.18 Å². The molecule has 0 radical (unpaired) electrons. The first-order valence-electron chi connectivity index (χ1n) is 8.23. The average Bonchev–Trinajstić information content (AvgIpc) is 3.20. The molecule has 2 aromatic heterocycles. The zero-order valence-corrected chi connectivity index (χ0v) is 16.5. The van der Waals surface area contributed by atoms with Gasteiger partial charge in [-0.3, -0.25) is 10.1 Å². The SMILES string of the molecule is Cc1sc(-c2cccc(C(F)(F)F)c2)cc1C(=O)Nc1nc(CC(C)O)ns1. The highest BCUT2D eigenvalue weighted by Gasteiger charge is 2.30. The van der Waals surface area contributed by atoms with Crippen molar-refractivity contribution >= 4 is 33.9 Å². The second kappa shape index (κ2) is 7.98. The van der Waals surface area contributed by atoms with Crippen molar-refractivity contribution in [2.75, 3.05) is 5.32 Å². The summed E-state index contributed by atoms with van der Waals surface area (Å²) >= 11 is 2.25. The van der Waals surface area contributed by atoms with Gasteiger partial charge in [0.15, 0.2) is 0 Å². The van der Waals surface area contributed by atoms with Crippen molar-refractivity contribution in [1.82, 2.24) is 9.36 Å². The van der Waals surface area contributed by atoms with Gasteiger partial charge in [0.05, 0.1) is 17.2 Å². The van der Waals surface area contributed by atoms with Crippen molar-refractivity contribution in [1.29, 1.82) is 0 Å². The van der Waals surface area contributed by atoms with Gasteiger partial charge in [0.2, 0.25) is 5.13 Å². The monoisotopic (exact) mass is 427 g/mol. The van der Waals surface area contributed by atoms with E-state index in [2.05, 4.69) is 14.7 Å². The number of benzene rings is 1. The summed E-state index contributed by atoms with van der Waals surface area (Å²) in [7, 11) is 0. The Morgan fingerprint density at radius 1 is 1.32 bits per heavy atom. The number of carbonyl (C=O) groups excluding carboxylic acids is 1. The van der Waals surface area contributed by atoms with Gasteiger partial charge in [0, 0.05) is 27.7 Å². The van der Waals surface area contributed by atoms with Gasteiger partial charge in [-0.2, -0.15) is 17.5 Å². The fourth-order valence-corrected chi connectivity index (χ4v) is 4.12. The first kappa shape index (κ1) is 20.4. The topological polar surface area (TPSA) is 75.1 Å². The highest BCUT2D eigenvalue weighted by molar-refractivity contribution is 7.15. The summed E-state index contributed by atoms with van der Waals surface area (Å²) in [5.74, 6) is 0.0220. The molecule has 0 aliphatic carbocycles. The van der Waals surface area contributed by atoms with Crippen LogP contribution in [0.3, 0.4) is 0 Å². The number of alkyl halides is 3. The van der Waals surface area contributed by atoms with Crippen molar-refractivity contribution in [3.8, 4) is 10.4 Å². The molecule has 0 fully saturated rings. The summed E-state index contributed by atoms with van der Waals surface area (Å²) in [5.41, 5.74) is 0.0309. The molecule has 2 heterocycles. The fourth-order valence-electron chi connectivity index (χ4n) is 2.51. The Hall–Kier alpha value is -2.30. The molecular weight excluding hydrogens is 411 g/mol. The van der Waals surface area contributed by atoms with E-state index in [9.17, 15) is 23.1 Å². The van der Waals surface area contributed by atoms with Crippen LogP contribution in [-0.4, -0.2) is 26.5 Å². The predicted octanol–water partition coefficient (Wildman–Crippen LogP) is 4.77. The molecule has 1 amide bonds. The number of aromatic nitrogens is 2. The lowest BCUT2D eigenvalue weighted by atomic mass is 10.1. The molecule has 3 aromatic rings. The Balaban J connectivity index is 1.80. The van der Waals surface area contributed by atoms with E-state index in [1.807, 2.05) is 0 Å². The van der Waals surface area contributed by atoms with Crippen molar-refractivity contribution in [3.05, 3.63) is 52.2 Å². The highest BCUT2D eigenvalue weighted by atomic mass is 32.1. The molecule has 0 aliphatic heterocycles. The fraction of sp³-hybridized carbons (Fsp3) is 0.278. The van der Waals surface area contributed by atoms with E-state index in [1.54, 1.807) is 26.0 Å². The zero-order valence-electron chi connectivity index (χ0n) is 14.9. The number of thiophene rings is 1. The summed E-state index contributed by atoms with van der Waals surface area (Å²) in [5, 5.41) is 12.3. The number of nitrogens with zero attached hydrogens (tertiary/aromatic N) is 2. The van der Waals surface area contributed by atoms with E-state index >= 15 is 0 Å². The maximum atomic E-state index is 12.9. The minimum absolute atomic E-state index is 0.281. The summed E-state index contributed by atoms with van der Waals surface area (Å²) in [6.07, 6.45) is -4.74. The Labute approximate surface area is 167 Å². The van der Waals surface area contributed by atoms with Crippen molar-refractivity contribution < 1.29 is 23.1 Å². The van der Waals surface area contributed by atoms with Crippen LogP contribution >= 0.6 is 22.9 Å². The van der Waals surface area contributed by atoms with Crippen LogP contribution < -0.4 is 5.32 Å². The molecule has 3 rings (SSSR count). The molecule has 1 atom stereocenters. The summed E-state index contributed by atoms with van der Waals surface area (Å²) < 4.78 is 42.9. The third-order valence-electron chi connectivity index (χ3n) is 3.80. The number of carbonyl (C=O) groups is 1. The van der Waals surface area contributed by atoms with Gasteiger partial charge in [-0.05, 0) is 37.6 Å². The second-order valence-corrected chi connectivity index (χ2v) is 8.19. The van der Waals surface area contributed by atoms with Crippen LogP contribution in [0.5, 0.6) is 0 Å². The maximum absolute atomic E-state index is 12.9. The number of anilines is 1. The van der Waals surface area contributed by atoms with Gasteiger partial charge in [-0.1, -0.05) is 12.1 Å². The number of hydrogen-bond acceptors (Lipinski definition) is 6. The number of aliphatic hydroxyl groups is 1. The minimum Gasteiger partial charge on any atom is -0.393 e. The summed E-state index contributed by atoms with van der Waals surface area (Å²) in [6.45, 7) is 3.35. The predicted molar refractivity (Wildman–Crippen MR) is 103 cm³/mol. The lowest BCUT2D eigenvalue weighted by molar-refractivity contribution is -0.137. The zero-order chi connectivity index (χ0) is 20.5. The molecule has 0 bridgehead atoms. The molecule has 0 spiro atoms. The first-order valence-corrected chi connectivity index (χ1v) is 9.82. The summed E-state index contributed by atoms with van der Waals surface area (Å²) in [4.78, 5) is 17.9. The van der Waals surface area contributed by atoms with Crippen molar-refractivity contribution in [2.24, 2.45) is 0 Å². The normalized spacial score (nSPS) is 12.8. The highest BCUT2D eigenvalue weighted by Crippen LogP contribution is 2.36. The van der Waals surface area contributed by atoms with E-state index in [4.69, 9.17) is 0 Å². The van der Waals surface area contributed by atoms with E-state index in [0.717, 1.165) is 23.7 Å². The molecule has 0 saturated carbocycles. The molecule has 1 aromatic carbocycles. The molecule has 0 aliphatic rings. The van der Waals surface area contributed by atoms with Gasteiger partial charge in [-0.15, -0.1) is 11.3 Å². The van der Waals surface area contributed by atoms with Crippen LogP contribution in [-0.2, 0) is 12.6 Å². The number of halogens is 3. The van der Waals surface area contributed by atoms with E-state index in [-0.39, 0.29) is 6.42 Å². The van der Waals surface area contributed by atoms with Gasteiger partial charge < -0.3 is 5.11 Å². The number of hydrogen-bond donors (Lipinski definition) is 2. The Morgan fingerprint density at radius 2 is 2.07 bits per heavy atom. The van der Waals surface area contributed by atoms with Crippen LogP contribution in [0.15, 0.2) is 30.3 Å². The lowest BCUT2D eigenvalue weighted by Crippen LogP contribution is -2.12. The largest absolute Gasteiger partial charge is 0.416 e. The molecule has 148 valence electrons. The van der Waals surface area contributed by atoms with E-state index < -0.39 is 23.8 Å². The quantitative estimate of drug-likeness (QED) is 0.615. The number of amides is 1. The van der Waals surface area contributed by atoms with Crippen LogP contribution in [0.25, 0.3) is 10.4 Å². The minimum atomic E-state index is -4.43. The average molecular weight is 427 g/mol. The number of nitrogens with one attached hydrogen (secondary N) is 1. The van der Waals surface area contributed by atoms with Crippen LogP contribution in [0.4, 0.5) is 18.3 Å². The lowest BCUT2D eigenvalue weighted by Gasteiger charge is -2.07. The number of aryl methyl sites for hydroxylation is 1. The van der Waals surface area contributed by atoms with Crippen molar-refractivity contribution in [3.63, 3.8) is 0 Å². The van der Waals surface area contributed by atoms with E-state index in [0.29, 0.717) is 31.8 Å². The van der Waals surface area contributed by atoms with Crippen LogP contribution in [0, 0.1) is 6.92 Å². The van der Waals surface area contributed by atoms with Crippen LogP contribution in [0.2, 0.25) is 0 Å². The third-order valence-corrected chi connectivity index (χ3v) is 5.57. The number of rotatable bonds is 5.